The molecule has 1 heterocycles. The first-order valence-corrected chi connectivity index (χ1v) is 7.89. The van der Waals surface area contributed by atoms with E-state index in [0.717, 1.165) is 0 Å². The molecule has 0 saturated heterocycles. The number of nitrogens with zero attached hydrogens (tertiary/aromatic N) is 4. The van der Waals surface area contributed by atoms with Crippen molar-refractivity contribution < 1.29 is 23.8 Å². The number of carbonyl (C=O) groups excluding carboxylic acids is 1. The summed E-state index contributed by atoms with van der Waals surface area (Å²) >= 11 is 0. The minimum atomic E-state index is -0.966. The average molecular weight is 384 g/mol. The Kier molecular flexibility index (Phi) is 5.07. The van der Waals surface area contributed by atoms with E-state index >= 15 is 0 Å². The van der Waals surface area contributed by atoms with Crippen LogP contribution >= 0.6 is 0 Å². The number of hydrogen-bond acceptors (Lipinski definition) is 9. The molecule has 0 bridgehead atoms. The third-order valence-electron chi connectivity index (χ3n) is 3.72. The highest BCUT2D eigenvalue weighted by Gasteiger charge is 2.25. The average Bonchev–Trinajstić information content (AvgIpc) is 3.18. The predicted molar refractivity (Wildman–Crippen MR) is 93.3 cm³/mol. The van der Waals surface area contributed by atoms with Gasteiger partial charge in [-0.25, -0.2) is 4.79 Å². The van der Waals surface area contributed by atoms with Crippen molar-refractivity contribution in [1.82, 2.24) is 10.2 Å². The first-order valence-electron chi connectivity index (χ1n) is 7.89. The molecule has 0 spiro atoms. The zero-order valence-corrected chi connectivity index (χ0v) is 14.3. The van der Waals surface area contributed by atoms with Crippen molar-refractivity contribution in [2.45, 2.75) is 13.0 Å². The van der Waals surface area contributed by atoms with Gasteiger partial charge < -0.3 is 9.15 Å². The molecule has 0 saturated carbocycles. The summed E-state index contributed by atoms with van der Waals surface area (Å²) in [5, 5.41) is 29.3. The molecular weight excluding hydrogens is 372 g/mol. The summed E-state index contributed by atoms with van der Waals surface area (Å²) in [6.07, 6.45) is -0.966. The van der Waals surface area contributed by atoms with Gasteiger partial charge in [0.05, 0.1) is 9.85 Å². The highest BCUT2D eigenvalue weighted by molar-refractivity contribution is 5.93. The first kappa shape index (κ1) is 18.6. The van der Waals surface area contributed by atoms with Gasteiger partial charge in [0.15, 0.2) is 6.10 Å². The smallest absolute Gasteiger partial charge is 0.345 e. The van der Waals surface area contributed by atoms with Gasteiger partial charge in [0.1, 0.15) is 5.56 Å². The summed E-state index contributed by atoms with van der Waals surface area (Å²) in [4.78, 5) is 32.8. The number of aromatic nitrogens is 2. The van der Waals surface area contributed by atoms with Crippen molar-refractivity contribution in [3.63, 3.8) is 0 Å². The van der Waals surface area contributed by atoms with E-state index in [1.807, 2.05) is 0 Å². The molecule has 11 heteroatoms. The number of carbonyl (C=O) groups is 1. The van der Waals surface area contributed by atoms with Crippen molar-refractivity contribution in [3.05, 3.63) is 80.2 Å². The van der Waals surface area contributed by atoms with Crippen molar-refractivity contribution in [1.29, 1.82) is 0 Å². The number of rotatable bonds is 6. The van der Waals surface area contributed by atoms with E-state index in [4.69, 9.17) is 9.15 Å². The molecule has 11 nitrogen and oxygen atoms in total. The molecule has 2 aromatic carbocycles. The number of nitro groups is 2. The molecule has 0 aliphatic heterocycles. The van der Waals surface area contributed by atoms with E-state index in [1.165, 1.54) is 55.5 Å². The summed E-state index contributed by atoms with van der Waals surface area (Å²) in [5.74, 6) is -0.853. The van der Waals surface area contributed by atoms with Gasteiger partial charge in [-0.2, -0.15) is 0 Å². The SMILES string of the molecule is CC(OC(=O)c1ccccc1[N+](=O)[O-])c1nnc(-c2ccc([N+](=O)[O-])cc2)o1. The van der Waals surface area contributed by atoms with Crippen molar-refractivity contribution in [2.24, 2.45) is 0 Å². The molecule has 3 aromatic rings. The first-order chi connectivity index (χ1) is 13.4. The van der Waals surface area contributed by atoms with Crippen LogP contribution in [0.2, 0.25) is 0 Å². The predicted octanol–water partition coefficient (Wildman–Crippen LogP) is 3.47. The standard InChI is InChI=1S/C17H12N4O7/c1-10(27-17(22)13-4-2-3-5-14(13)21(25)26)15-18-19-16(28-15)11-6-8-12(9-7-11)20(23)24/h2-10H,1H3. The maximum absolute atomic E-state index is 12.3. The van der Waals surface area contributed by atoms with Gasteiger partial charge in [-0.3, -0.25) is 20.2 Å². The number of non-ortho nitro benzene ring substituents is 1. The second kappa shape index (κ2) is 7.61. The Hall–Kier alpha value is -4.15. The Morgan fingerprint density at radius 1 is 1.04 bits per heavy atom. The monoisotopic (exact) mass is 384 g/mol. The van der Waals surface area contributed by atoms with E-state index in [1.54, 1.807) is 0 Å². The Labute approximate surface area is 156 Å². The van der Waals surface area contributed by atoms with Crippen molar-refractivity contribution in [2.75, 3.05) is 0 Å². The highest BCUT2D eigenvalue weighted by atomic mass is 16.6. The van der Waals surface area contributed by atoms with E-state index in [-0.39, 0.29) is 28.7 Å². The van der Waals surface area contributed by atoms with Gasteiger partial charge in [0.2, 0.25) is 5.89 Å². The highest BCUT2D eigenvalue weighted by Crippen LogP contribution is 2.26. The summed E-state index contributed by atoms with van der Waals surface area (Å²) in [5.41, 5.74) is -0.219. The fraction of sp³-hybridized carbons (Fsp3) is 0.118. The molecule has 0 aliphatic rings. The topological polar surface area (TPSA) is 152 Å². The third-order valence-corrected chi connectivity index (χ3v) is 3.72. The van der Waals surface area contributed by atoms with Crippen LogP contribution in [0, 0.1) is 20.2 Å². The Morgan fingerprint density at radius 3 is 2.36 bits per heavy atom. The zero-order chi connectivity index (χ0) is 20.3. The maximum Gasteiger partial charge on any atom is 0.345 e. The summed E-state index contributed by atoms with van der Waals surface area (Å²) in [6.45, 7) is 1.47. The Balaban J connectivity index is 1.75. The lowest BCUT2D eigenvalue weighted by atomic mass is 10.2. The van der Waals surface area contributed by atoms with Crippen LogP contribution in [-0.2, 0) is 4.74 Å². The third kappa shape index (κ3) is 3.82. The Morgan fingerprint density at radius 2 is 1.71 bits per heavy atom. The minimum Gasteiger partial charge on any atom is -0.449 e. The maximum atomic E-state index is 12.3. The lowest BCUT2D eigenvalue weighted by Gasteiger charge is -2.09. The van der Waals surface area contributed by atoms with E-state index in [0.29, 0.717) is 5.56 Å². The molecule has 1 atom stereocenters. The summed E-state index contributed by atoms with van der Waals surface area (Å²) in [6, 6.07) is 10.9. The van der Waals surface area contributed by atoms with Gasteiger partial charge in [0, 0.05) is 23.8 Å². The van der Waals surface area contributed by atoms with Crippen LogP contribution in [-0.4, -0.2) is 26.0 Å². The van der Waals surface area contributed by atoms with E-state index in [2.05, 4.69) is 10.2 Å². The van der Waals surface area contributed by atoms with Crippen LogP contribution < -0.4 is 0 Å². The fourth-order valence-corrected chi connectivity index (χ4v) is 2.32. The molecule has 28 heavy (non-hydrogen) atoms. The zero-order valence-electron chi connectivity index (χ0n) is 14.3. The molecular formula is C17H12N4O7. The minimum absolute atomic E-state index is 0.0275. The molecule has 1 aromatic heterocycles. The van der Waals surface area contributed by atoms with Crippen LogP contribution in [0.5, 0.6) is 0 Å². The van der Waals surface area contributed by atoms with Crippen LogP contribution in [0.1, 0.15) is 29.3 Å². The van der Waals surface area contributed by atoms with E-state index in [9.17, 15) is 25.0 Å². The number of ether oxygens (including phenoxy) is 1. The lowest BCUT2D eigenvalue weighted by Crippen LogP contribution is -2.11. The van der Waals surface area contributed by atoms with Crippen LogP contribution in [0.3, 0.4) is 0 Å². The van der Waals surface area contributed by atoms with Crippen LogP contribution in [0.25, 0.3) is 11.5 Å². The molecule has 0 amide bonds. The van der Waals surface area contributed by atoms with E-state index < -0.39 is 21.9 Å². The quantitative estimate of drug-likeness (QED) is 0.353. The van der Waals surface area contributed by atoms with Gasteiger partial charge in [-0.15, -0.1) is 10.2 Å². The number of nitro benzene ring substituents is 2. The van der Waals surface area contributed by atoms with Gasteiger partial charge in [-0.1, -0.05) is 12.1 Å². The second-order valence-electron chi connectivity index (χ2n) is 5.57. The lowest BCUT2D eigenvalue weighted by molar-refractivity contribution is -0.385. The molecule has 1 unspecified atom stereocenters. The largest absolute Gasteiger partial charge is 0.449 e. The molecule has 142 valence electrons. The summed E-state index contributed by atoms with van der Waals surface area (Å²) in [7, 11) is 0. The molecule has 0 N–H and O–H groups in total. The van der Waals surface area contributed by atoms with Crippen LogP contribution in [0.15, 0.2) is 52.9 Å². The molecule has 0 radical (unpaired) electrons. The fourth-order valence-electron chi connectivity index (χ4n) is 2.32. The molecule has 0 aliphatic carbocycles. The Bertz CT molecular complexity index is 1050. The van der Waals surface area contributed by atoms with Crippen molar-refractivity contribution >= 4 is 17.3 Å². The van der Waals surface area contributed by atoms with Gasteiger partial charge >= 0.3 is 5.97 Å². The molecule has 3 rings (SSSR count). The summed E-state index contributed by atoms with van der Waals surface area (Å²) < 4.78 is 10.6. The van der Waals surface area contributed by atoms with Gasteiger partial charge in [0.25, 0.3) is 17.3 Å². The normalized spacial score (nSPS) is 11.6. The van der Waals surface area contributed by atoms with Crippen molar-refractivity contribution in [3.8, 4) is 11.5 Å². The number of hydrogen-bond donors (Lipinski definition) is 0. The number of benzene rings is 2. The number of esters is 1. The van der Waals surface area contributed by atoms with Gasteiger partial charge in [-0.05, 0) is 25.1 Å². The number of para-hydroxylation sites is 1. The molecule has 0 fully saturated rings. The second-order valence-corrected chi connectivity index (χ2v) is 5.57. The van der Waals surface area contributed by atoms with Crippen LogP contribution in [0.4, 0.5) is 11.4 Å².